The smallest absolute Gasteiger partial charge is 0.119 e. The fraction of sp³-hybridized carbons (Fsp3) is 0.769. The summed E-state index contributed by atoms with van der Waals surface area (Å²) < 4.78 is 0. The number of aliphatic hydroxyl groups is 3. The van der Waals surface area contributed by atoms with Gasteiger partial charge in [0.25, 0.3) is 0 Å². The minimum atomic E-state index is -0.910. The molecule has 0 aromatic carbocycles. The molecule has 0 heterocycles. The van der Waals surface area contributed by atoms with E-state index in [1.807, 2.05) is 0 Å². The van der Waals surface area contributed by atoms with Gasteiger partial charge in [-0.2, -0.15) is 0 Å². The highest BCUT2D eigenvalue weighted by molar-refractivity contribution is 7.17. The van der Waals surface area contributed by atoms with E-state index in [1.54, 1.807) is 19.4 Å². The van der Waals surface area contributed by atoms with Crippen molar-refractivity contribution in [2.45, 2.75) is 103 Å². The Labute approximate surface area is 185 Å². The molecule has 0 spiro atoms. The highest BCUT2D eigenvalue weighted by Crippen LogP contribution is 2.59. The van der Waals surface area contributed by atoms with Gasteiger partial charge in [-0.3, -0.25) is 0 Å². The van der Waals surface area contributed by atoms with E-state index < -0.39 is 17.8 Å². The van der Waals surface area contributed by atoms with Crippen molar-refractivity contribution in [3.05, 3.63) is 23.3 Å². The van der Waals surface area contributed by atoms with Crippen molar-refractivity contribution < 1.29 is 15.3 Å². The van der Waals surface area contributed by atoms with Crippen LogP contribution in [0.5, 0.6) is 0 Å². The van der Waals surface area contributed by atoms with Gasteiger partial charge in [0, 0.05) is 12.1 Å². The topological polar surface area (TPSA) is 60.7 Å². The lowest BCUT2D eigenvalue weighted by atomic mass is 9.61. The second-order valence-electron chi connectivity index (χ2n) is 10.8. The van der Waals surface area contributed by atoms with Gasteiger partial charge in [-0.05, 0) is 82.0 Å². The molecule has 3 nitrogen and oxygen atoms in total. The Morgan fingerprint density at radius 2 is 1.87 bits per heavy atom. The van der Waals surface area contributed by atoms with Gasteiger partial charge in [-0.15, -0.1) is 15.2 Å². The van der Waals surface area contributed by atoms with Crippen LogP contribution >= 0.6 is 9.24 Å². The molecule has 30 heavy (non-hydrogen) atoms. The fourth-order valence-corrected chi connectivity index (χ4v) is 6.57. The number of hydrogen-bond acceptors (Lipinski definition) is 3. The largest absolute Gasteiger partial charge is 0.392 e. The van der Waals surface area contributed by atoms with Crippen molar-refractivity contribution in [1.29, 1.82) is 0 Å². The second-order valence-corrected chi connectivity index (χ2v) is 11.6. The van der Waals surface area contributed by atoms with Crippen LogP contribution in [0.2, 0.25) is 0 Å². The lowest BCUT2D eigenvalue weighted by Crippen LogP contribution is -2.37. The molecular formula is C26H41O3P. The van der Waals surface area contributed by atoms with Crippen LogP contribution in [-0.4, -0.2) is 38.8 Å². The van der Waals surface area contributed by atoms with Crippen LogP contribution in [0.4, 0.5) is 0 Å². The molecule has 3 rings (SSSR count). The first-order chi connectivity index (χ1) is 14.0. The quantitative estimate of drug-likeness (QED) is 0.451. The minimum absolute atomic E-state index is 0.121. The summed E-state index contributed by atoms with van der Waals surface area (Å²) in [4.78, 5) is 0. The van der Waals surface area contributed by atoms with E-state index in [9.17, 15) is 15.3 Å². The zero-order valence-corrected chi connectivity index (χ0v) is 20.3. The maximum absolute atomic E-state index is 10.2. The average Bonchev–Trinajstić information content (AvgIpc) is 3.00. The molecule has 3 aliphatic rings. The van der Waals surface area contributed by atoms with Crippen LogP contribution in [0.25, 0.3) is 0 Å². The molecule has 0 aliphatic heterocycles. The Balaban J connectivity index is 1.72. The summed E-state index contributed by atoms with van der Waals surface area (Å²) in [5, 5.41) is 30.3. The van der Waals surface area contributed by atoms with Gasteiger partial charge in [0.05, 0.1) is 12.2 Å². The van der Waals surface area contributed by atoms with E-state index in [4.69, 9.17) is 0 Å². The molecule has 0 saturated heterocycles. The SMILES string of the molecule is C[C@H](CC#CC(C)(C)O)[C@H]1CC[C@@H]2/C(=C/C=C3C[C@@H](O)C(P)[C@H](O)C3)CCC[C@@]21C. The molecular weight excluding hydrogens is 391 g/mol. The summed E-state index contributed by atoms with van der Waals surface area (Å²) in [5.74, 6) is 8.05. The van der Waals surface area contributed by atoms with Crippen LogP contribution in [0.3, 0.4) is 0 Å². The van der Waals surface area contributed by atoms with E-state index in [0.717, 1.165) is 6.42 Å². The van der Waals surface area contributed by atoms with E-state index >= 15 is 0 Å². The van der Waals surface area contributed by atoms with Gasteiger partial charge < -0.3 is 15.3 Å². The number of rotatable bonds is 3. The first kappa shape index (κ1) is 24.0. The third kappa shape index (κ3) is 5.39. The lowest BCUT2D eigenvalue weighted by Gasteiger charge is -2.44. The molecule has 3 aliphatic carbocycles. The van der Waals surface area contributed by atoms with E-state index in [2.05, 4.69) is 47.1 Å². The van der Waals surface area contributed by atoms with Crippen LogP contribution in [0.15, 0.2) is 23.3 Å². The summed E-state index contributed by atoms with van der Waals surface area (Å²) in [6.45, 7) is 8.31. The molecule has 168 valence electrons. The molecule has 3 saturated carbocycles. The van der Waals surface area contributed by atoms with Crippen LogP contribution in [-0.2, 0) is 0 Å². The molecule has 0 aromatic rings. The molecule has 4 heteroatoms. The van der Waals surface area contributed by atoms with Gasteiger partial charge in [0.1, 0.15) is 5.60 Å². The van der Waals surface area contributed by atoms with Gasteiger partial charge in [0.15, 0.2) is 0 Å². The average molecular weight is 433 g/mol. The predicted octanol–water partition coefficient (Wildman–Crippen LogP) is 4.62. The molecule has 3 N–H and O–H groups in total. The van der Waals surface area contributed by atoms with Crippen molar-refractivity contribution in [2.24, 2.45) is 23.2 Å². The monoisotopic (exact) mass is 432 g/mol. The fourth-order valence-electron chi connectivity index (χ4n) is 6.30. The first-order valence-corrected chi connectivity index (χ1v) is 12.4. The highest BCUT2D eigenvalue weighted by Gasteiger charge is 2.50. The van der Waals surface area contributed by atoms with Gasteiger partial charge >= 0.3 is 0 Å². The number of fused-ring (bicyclic) bond motifs is 1. The molecule has 7 atom stereocenters. The van der Waals surface area contributed by atoms with Crippen molar-refractivity contribution in [3.8, 4) is 11.8 Å². The summed E-state index contributed by atoms with van der Waals surface area (Å²) in [6.07, 6.45) is 11.9. The number of allylic oxidation sites excluding steroid dienone is 3. The Morgan fingerprint density at radius 1 is 1.20 bits per heavy atom. The molecule has 0 bridgehead atoms. The third-order valence-electron chi connectivity index (χ3n) is 7.91. The minimum Gasteiger partial charge on any atom is -0.392 e. The standard InChI is InChI=1S/C26H41O3P/c1-17(7-5-13-25(2,3)29)20-11-12-21-19(8-6-14-26(20,21)4)10-9-18-15-22(27)24(30)23(28)16-18/h9-10,17,20-24,27-29H,6-8,11-12,14-16,30H2,1-4H3/b18-9?,19-10+/t17-,20-,21-,22-,23-,24?,26-/m1/s1. The Kier molecular flexibility index (Phi) is 7.57. The Bertz CT molecular complexity index is 724. The van der Waals surface area contributed by atoms with Crippen molar-refractivity contribution in [2.75, 3.05) is 0 Å². The number of aliphatic hydroxyl groups excluding tert-OH is 2. The van der Waals surface area contributed by atoms with Gasteiger partial charge in [-0.25, -0.2) is 0 Å². The normalized spacial score (nSPS) is 39.3. The van der Waals surface area contributed by atoms with E-state index in [1.165, 1.54) is 37.7 Å². The van der Waals surface area contributed by atoms with Crippen LogP contribution in [0, 0.1) is 35.0 Å². The molecule has 0 radical (unpaired) electrons. The van der Waals surface area contributed by atoms with Crippen molar-refractivity contribution >= 4 is 9.24 Å². The van der Waals surface area contributed by atoms with E-state index in [0.29, 0.717) is 36.0 Å². The zero-order valence-electron chi connectivity index (χ0n) is 19.2. The van der Waals surface area contributed by atoms with Gasteiger partial charge in [0.2, 0.25) is 0 Å². The van der Waals surface area contributed by atoms with Crippen molar-refractivity contribution in [1.82, 2.24) is 0 Å². The lowest BCUT2D eigenvalue weighted by molar-refractivity contribution is 0.0687. The summed E-state index contributed by atoms with van der Waals surface area (Å²) in [5.41, 5.74) is 2.02. The molecule has 0 amide bonds. The van der Waals surface area contributed by atoms with Crippen LogP contribution < -0.4 is 0 Å². The maximum Gasteiger partial charge on any atom is 0.119 e. The second kappa shape index (κ2) is 9.46. The highest BCUT2D eigenvalue weighted by atomic mass is 31.0. The molecule has 1 unspecified atom stereocenters. The Morgan fingerprint density at radius 3 is 2.50 bits per heavy atom. The number of hydrogen-bond donors (Lipinski definition) is 3. The first-order valence-electron chi connectivity index (χ1n) is 11.7. The summed E-state index contributed by atoms with van der Waals surface area (Å²) in [7, 11) is 2.59. The van der Waals surface area contributed by atoms with Gasteiger partial charge in [-0.1, -0.05) is 43.1 Å². The van der Waals surface area contributed by atoms with Crippen molar-refractivity contribution in [3.63, 3.8) is 0 Å². The zero-order chi connectivity index (χ0) is 22.1. The summed E-state index contributed by atoms with van der Waals surface area (Å²) >= 11 is 0. The Hall–Kier alpha value is -0.650. The molecule has 3 fully saturated rings. The van der Waals surface area contributed by atoms with Crippen LogP contribution in [0.1, 0.15) is 79.1 Å². The molecule has 0 aromatic heterocycles. The third-order valence-corrected chi connectivity index (χ3v) is 8.80. The maximum atomic E-state index is 10.2. The summed E-state index contributed by atoms with van der Waals surface area (Å²) in [6, 6.07) is 0. The van der Waals surface area contributed by atoms with E-state index in [-0.39, 0.29) is 5.66 Å². The predicted molar refractivity (Wildman–Crippen MR) is 127 cm³/mol.